The number of aliphatic carboxylic acids is 1. The van der Waals surface area contributed by atoms with Gasteiger partial charge in [-0.05, 0) is 24.6 Å². The molecule has 0 bridgehead atoms. The Morgan fingerprint density at radius 3 is 2.81 bits per heavy atom. The fraction of sp³-hybridized carbons (Fsp3) is 0.429. The van der Waals surface area contributed by atoms with Gasteiger partial charge in [0.1, 0.15) is 11.7 Å². The maximum Gasteiger partial charge on any atom is 0.319 e. The van der Waals surface area contributed by atoms with Crippen molar-refractivity contribution in [1.82, 2.24) is 5.32 Å². The summed E-state index contributed by atoms with van der Waals surface area (Å²) in [5, 5.41) is 14.3. The second kappa shape index (κ2) is 6.45. The lowest BCUT2D eigenvalue weighted by molar-refractivity contribution is -0.142. The fourth-order valence-corrected chi connectivity index (χ4v) is 2.19. The molecule has 2 unspecified atom stereocenters. The molecule has 0 spiro atoms. The Morgan fingerprint density at radius 2 is 2.14 bits per heavy atom. The highest BCUT2D eigenvalue weighted by molar-refractivity contribution is 5.91. The minimum absolute atomic E-state index is 0.105. The summed E-state index contributed by atoms with van der Waals surface area (Å²) in [4.78, 5) is 23.0. The van der Waals surface area contributed by atoms with Crippen molar-refractivity contribution in [2.45, 2.75) is 13.0 Å². The molecule has 21 heavy (non-hydrogen) atoms. The fourth-order valence-electron chi connectivity index (χ4n) is 2.19. The van der Waals surface area contributed by atoms with Crippen LogP contribution in [-0.2, 0) is 9.53 Å². The van der Waals surface area contributed by atoms with E-state index in [2.05, 4.69) is 10.6 Å². The predicted molar refractivity (Wildman–Crippen MR) is 75.6 cm³/mol. The summed E-state index contributed by atoms with van der Waals surface area (Å²) in [7, 11) is 1.51. The van der Waals surface area contributed by atoms with Crippen molar-refractivity contribution in [1.29, 1.82) is 0 Å². The Balaban J connectivity index is 2.02. The molecule has 0 radical (unpaired) electrons. The van der Waals surface area contributed by atoms with Crippen LogP contribution in [-0.4, -0.2) is 43.5 Å². The molecule has 2 amide bonds. The number of ether oxygens (including phenoxy) is 2. The highest BCUT2D eigenvalue weighted by Gasteiger charge is 2.35. The molecule has 1 fully saturated rings. The number of methoxy groups -OCH3 is 1. The Hall–Kier alpha value is -2.28. The van der Waals surface area contributed by atoms with Crippen molar-refractivity contribution in [2.75, 3.05) is 25.6 Å². The molecule has 7 nitrogen and oxygen atoms in total. The Kier molecular flexibility index (Phi) is 4.64. The zero-order valence-electron chi connectivity index (χ0n) is 11.9. The van der Waals surface area contributed by atoms with E-state index in [9.17, 15) is 9.59 Å². The van der Waals surface area contributed by atoms with Gasteiger partial charge >= 0.3 is 12.0 Å². The maximum atomic E-state index is 12.0. The first-order chi connectivity index (χ1) is 10.0. The molecule has 0 aliphatic carbocycles. The van der Waals surface area contributed by atoms with Crippen LogP contribution in [0.25, 0.3) is 0 Å². The van der Waals surface area contributed by atoms with Crippen molar-refractivity contribution in [3.8, 4) is 5.75 Å². The van der Waals surface area contributed by atoms with Gasteiger partial charge in [0.25, 0.3) is 0 Å². The number of nitrogens with one attached hydrogen (secondary N) is 2. The molecule has 1 aromatic rings. The highest BCUT2D eigenvalue weighted by Crippen LogP contribution is 2.25. The van der Waals surface area contributed by atoms with Gasteiger partial charge in [0.2, 0.25) is 0 Å². The third kappa shape index (κ3) is 3.63. The number of benzene rings is 1. The SMILES string of the molecule is COc1ccc(C)cc1NC(=O)NC1COCC1C(=O)O. The van der Waals surface area contributed by atoms with Gasteiger partial charge in [-0.15, -0.1) is 0 Å². The molecule has 1 aliphatic heterocycles. The zero-order valence-corrected chi connectivity index (χ0v) is 11.9. The lowest BCUT2D eigenvalue weighted by Gasteiger charge is -2.17. The largest absolute Gasteiger partial charge is 0.495 e. The summed E-state index contributed by atoms with van der Waals surface area (Å²) >= 11 is 0. The molecule has 0 saturated carbocycles. The predicted octanol–water partition coefficient (Wildman–Crippen LogP) is 1.22. The lowest BCUT2D eigenvalue weighted by Crippen LogP contribution is -2.44. The van der Waals surface area contributed by atoms with Crippen molar-refractivity contribution >= 4 is 17.7 Å². The van der Waals surface area contributed by atoms with E-state index in [1.54, 1.807) is 12.1 Å². The number of hydrogen-bond acceptors (Lipinski definition) is 4. The third-order valence-electron chi connectivity index (χ3n) is 3.32. The van der Waals surface area contributed by atoms with Gasteiger partial charge in [-0.3, -0.25) is 4.79 Å². The normalized spacial score (nSPS) is 20.9. The van der Waals surface area contributed by atoms with Gasteiger partial charge in [-0.25, -0.2) is 4.79 Å². The molecule has 114 valence electrons. The lowest BCUT2D eigenvalue weighted by atomic mass is 10.0. The van der Waals surface area contributed by atoms with Crippen LogP contribution in [0.1, 0.15) is 5.56 Å². The molecule has 0 aromatic heterocycles. The van der Waals surface area contributed by atoms with E-state index in [0.29, 0.717) is 11.4 Å². The summed E-state index contributed by atoms with van der Waals surface area (Å²) in [6.07, 6.45) is 0. The maximum absolute atomic E-state index is 12.0. The molecular formula is C14H18N2O5. The topological polar surface area (TPSA) is 96.9 Å². The zero-order chi connectivity index (χ0) is 15.4. The van der Waals surface area contributed by atoms with Crippen LogP contribution >= 0.6 is 0 Å². The number of hydrogen-bond donors (Lipinski definition) is 3. The average molecular weight is 294 g/mol. The number of carboxylic acids is 1. The summed E-state index contributed by atoms with van der Waals surface area (Å²) in [6.45, 7) is 2.19. The first-order valence-corrected chi connectivity index (χ1v) is 6.54. The van der Waals surface area contributed by atoms with Crippen LogP contribution in [0.2, 0.25) is 0 Å². The average Bonchev–Trinajstić information content (AvgIpc) is 2.87. The number of aryl methyl sites for hydroxylation is 1. The van der Waals surface area contributed by atoms with Gasteiger partial charge in [0, 0.05) is 0 Å². The van der Waals surface area contributed by atoms with E-state index in [1.807, 2.05) is 13.0 Å². The Labute approximate surface area is 122 Å². The van der Waals surface area contributed by atoms with Crippen LogP contribution in [0.5, 0.6) is 5.75 Å². The van der Waals surface area contributed by atoms with E-state index in [0.717, 1.165) is 5.56 Å². The molecule has 2 atom stereocenters. The van der Waals surface area contributed by atoms with Gasteiger partial charge in [-0.1, -0.05) is 6.07 Å². The third-order valence-corrected chi connectivity index (χ3v) is 3.32. The number of carboxylic acid groups (broad SMARTS) is 1. The number of amides is 2. The minimum atomic E-state index is -0.981. The monoisotopic (exact) mass is 294 g/mol. The molecule has 1 aromatic carbocycles. The summed E-state index contributed by atoms with van der Waals surface area (Å²) in [6, 6.07) is 4.37. The molecule has 1 heterocycles. The molecule has 1 saturated heterocycles. The molecule has 7 heteroatoms. The van der Waals surface area contributed by atoms with Gasteiger partial charge in [0.05, 0.1) is 32.1 Å². The Bertz CT molecular complexity index is 546. The highest BCUT2D eigenvalue weighted by atomic mass is 16.5. The first kappa shape index (κ1) is 15.1. The number of rotatable bonds is 4. The number of urea groups is 1. The number of carbonyl (C=O) groups excluding carboxylic acids is 1. The van der Waals surface area contributed by atoms with Crippen LogP contribution in [0.3, 0.4) is 0 Å². The van der Waals surface area contributed by atoms with Crippen LogP contribution in [0.15, 0.2) is 18.2 Å². The molecule has 3 N–H and O–H groups in total. The summed E-state index contributed by atoms with van der Waals surface area (Å²) in [5.74, 6) is -1.17. The van der Waals surface area contributed by atoms with E-state index >= 15 is 0 Å². The second-order valence-electron chi connectivity index (χ2n) is 4.89. The van der Waals surface area contributed by atoms with E-state index < -0.39 is 24.0 Å². The number of anilines is 1. The van der Waals surface area contributed by atoms with Crippen molar-refractivity contribution in [2.24, 2.45) is 5.92 Å². The van der Waals surface area contributed by atoms with Crippen molar-refractivity contribution < 1.29 is 24.2 Å². The van der Waals surface area contributed by atoms with E-state index in [-0.39, 0.29) is 13.2 Å². The smallest absolute Gasteiger partial charge is 0.319 e. The molecule has 2 rings (SSSR count). The van der Waals surface area contributed by atoms with Crippen molar-refractivity contribution in [3.63, 3.8) is 0 Å². The van der Waals surface area contributed by atoms with Crippen LogP contribution in [0, 0.1) is 12.8 Å². The first-order valence-electron chi connectivity index (χ1n) is 6.54. The van der Waals surface area contributed by atoms with Gasteiger partial charge in [-0.2, -0.15) is 0 Å². The summed E-state index contributed by atoms with van der Waals surface area (Å²) < 4.78 is 10.3. The summed E-state index contributed by atoms with van der Waals surface area (Å²) in [5.41, 5.74) is 1.50. The van der Waals surface area contributed by atoms with Crippen molar-refractivity contribution in [3.05, 3.63) is 23.8 Å². The van der Waals surface area contributed by atoms with Crippen LogP contribution < -0.4 is 15.4 Å². The van der Waals surface area contributed by atoms with E-state index in [1.165, 1.54) is 7.11 Å². The standard InChI is InChI=1S/C14H18N2O5/c1-8-3-4-12(20-2)10(5-8)15-14(19)16-11-7-21-6-9(11)13(17)18/h3-5,9,11H,6-7H2,1-2H3,(H,17,18)(H2,15,16,19). The van der Waals surface area contributed by atoms with Gasteiger partial charge in [0.15, 0.2) is 0 Å². The van der Waals surface area contributed by atoms with Crippen LogP contribution in [0.4, 0.5) is 10.5 Å². The second-order valence-corrected chi connectivity index (χ2v) is 4.89. The molecular weight excluding hydrogens is 276 g/mol. The Morgan fingerprint density at radius 1 is 1.38 bits per heavy atom. The van der Waals surface area contributed by atoms with E-state index in [4.69, 9.17) is 14.6 Å². The molecule has 1 aliphatic rings. The number of carbonyl (C=O) groups is 2. The minimum Gasteiger partial charge on any atom is -0.495 e. The quantitative estimate of drug-likeness (QED) is 0.776. The van der Waals surface area contributed by atoms with Gasteiger partial charge < -0.3 is 25.2 Å².